The SMILES string of the molecule is CC(=O)N(C(C)C(C)(C)C)C(C)(C)C. The van der Waals surface area contributed by atoms with Gasteiger partial charge in [-0.3, -0.25) is 4.79 Å². The van der Waals surface area contributed by atoms with E-state index < -0.39 is 0 Å². The molecule has 0 saturated heterocycles. The van der Waals surface area contributed by atoms with Crippen LogP contribution in [-0.4, -0.2) is 22.4 Å². The van der Waals surface area contributed by atoms with Crippen molar-refractivity contribution in [3.63, 3.8) is 0 Å². The molecule has 2 heteroatoms. The lowest BCUT2D eigenvalue weighted by Gasteiger charge is -2.45. The van der Waals surface area contributed by atoms with Crippen LogP contribution < -0.4 is 0 Å². The van der Waals surface area contributed by atoms with E-state index in [1.807, 2.05) is 4.90 Å². The van der Waals surface area contributed by atoms with Crippen LogP contribution in [-0.2, 0) is 4.79 Å². The van der Waals surface area contributed by atoms with Crippen molar-refractivity contribution < 1.29 is 4.79 Å². The van der Waals surface area contributed by atoms with Crippen LogP contribution >= 0.6 is 0 Å². The Morgan fingerprint density at radius 3 is 1.50 bits per heavy atom. The van der Waals surface area contributed by atoms with Crippen molar-refractivity contribution >= 4 is 5.91 Å². The van der Waals surface area contributed by atoms with Crippen molar-refractivity contribution in [1.29, 1.82) is 0 Å². The molecule has 1 atom stereocenters. The fourth-order valence-corrected chi connectivity index (χ4v) is 1.71. The van der Waals surface area contributed by atoms with Crippen molar-refractivity contribution in [3.8, 4) is 0 Å². The number of amides is 1. The Balaban J connectivity index is 4.96. The third-order valence-corrected chi connectivity index (χ3v) is 2.70. The third kappa shape index (κ3) is 3.32. The van der Waals surface area contributed by atoms with Crippen LogP contribution in [0.5, 0.6) is 0 Å². The van der Waals surface area contributed by atoms with Crippen LogP contribution in [0.15, 0.2) is 0 Å². The van der Waals surface area contributed by atoms with Crippen molar-refractivity contribution in [2.75, 3.05) is 0 Å². The second-order valence-electron chi connectivity index (χ2n) is 6.10. The number of rotatable bonds is 1. The average molecular weight is 199 g/mol. The molecule has 0 fully saturated rings. The smallest absolute Gasteiger partial charge is 0.220 e. The number of hydrogen-bond acceptors (Lipinski definition) is 1. The normalized spacial score (nSPS) is 15.1. The van der Waals surface area contributed by atoms with Crippen molar-refractivity contribution in [2.45, 2.75) is 67.0 Å². The molecule has 2 nitrogen and oxygen atoms in total. The van der Waals surface area contributed by atoms with Gasteiger partial charge in [0.2, 0.25) is 5.91 Å². The zero-order valence-corrected chi connectivity index (χ0v) is 10.9. The first-order valence-corrected chi connectivity index (χ1v) is 5.28. The molecule has 0 aromatic carbocycles. The minimum atomic E-state index is -0.0987. The zero-order valence-electron chi connectivity index (χ0n) is 10.9. The zero-order chi connectivity index (χ0) is 11.7. The summed E-state index contributed by atoms with van der Waals surface area (Å²) in [7, 11) is 0. The number of hydrogen-bond donors (Lipinski definition) is 0. The van der Waals surface area contributed by atoms with Gasteiger partial charge < -0.3 is 4.90 Å². The van der Waals surface area contributed by atoms with Gasteiger partial charge in [0.1, 0.15) is 0 Å². The van der Waals surface area contributed by atoms with Crippen LogP contribution in [0.3, 0.4) is 0 Å². The van der Waals surface area contributed by atoms with Gasteiger partial charge in [-0.25, -0.2) is 0 Å². The third-order valence-electron chi connectivity index (χ3n) is 2.70. The van der Waals surface area contributed by atoms with Crippen LogP contribution in [0.1, 0.15) is 55.4 Å². The molecular weight excluding hydrogens is 174 g/mol. The highest BCUT2D eigenvalue weighted by molar-refractivity contribution is 5.74. The number of carbonyl (C=O) groups is 1. The minimum Gasteiger partial charge on any atom is -0.335 e. The summed E-state index contributed by atoms with van der Waals surface area (Å²) in [6, 6.07) is 0.250. The fourth-order valence-electron chi connectivity index (χ4n) is 1.71. The summed E-state index contributed by atoms with van der Waals surface area (Å²) in [5, 5.41) is 0. The monoisotopic (exact) mass is 199 g/mol. The molecule has 1 amide bonds. The molecule has 0 spiro atoms. The second kappa shape index (κ2) is 3.92. The molecule has 0 aliphatic carbocycles. The Kier molecular flexibility index (Phi) is 3.77. The topological polar surface area (TPSA) is 20.3 Å². The number of carbonyl (C=O) groups excluding carboxylic acids is 1. The van der Waals surface area contributed by atoms with E-state index in [4.69, 9.17) is 0 Å². The predicted molar refractivity (Wildman–Crippen MR) is 61.2 cm³/mol. The Morgan fingerprint density at radius 1 is 1.07 bits per heavy atom. The van der Waals surface area contributed by atoms with E-state index in [2.05, 4.69) is 48.5 Å². The second-order valence-corrected chi connectivity index (χ2v) is 6.10. The Bertz CT molecular complexity index is 207. The molecule has 0 aliphatic heterocycles. The maximum absolute atomic E-state index is 11.6. The molecule has 0 aliphatic rings. The van der Waals surface area contributed by atoms with Crippen LogP contribution in [0.4, 0.5) is 0 Å². The maximum Gasteiger partial charge on any atom is 0.220 e. The maximum atomic E-state index is 11.6. The minimum absolute atomic E-state index is 0.0987. The molecule has 0 saturated carbocycles. The summed E-state index contributed by atoms with van der Waals surface area (Å²) >= 11 is 0. The summed E-state index contributed by atoms with van der Waals surface area (Å²) in [6.45, 7) is 16.5. The van der Waals surface area contributed by atoms with Gasteiger partial charge in [-0.15, -0.1) is 0 Å². The largest absolute Gasteiger partial charge is 0.335 e. The number of nitrogens with zero attached hydrogens (tertiary/aromatic N) is 1. The van der Waals surface area contributed by atoms with E-state index in [1.165, 1.54) is 0 Å². The molecule has 0 aromatic rings. The van der Waals surface area contributed by atoms with Gasteiger partial charge in [0.15, 0.2) is 0 Å². The van der Waals surface area contributed by atoms with E-state index in [-0.39, 0.29) is 22.9 Å². The van der Waals surface area contributed by atoms with Gasteiger partial charge in [-0.05, 0) is 33.1 Å². The van der Waals surface area contributed by atoms with Gasteiger partial charge in [-0.2, -0.15) is 0 Å². The molecule has 0 rings (SSSR count). The lowest BCUT2D eigenvalue weighted by molar-refractivity contribution is -0.139. The van der Waals surface area contributed by atoms with Crippen LogP contribution in [0.25, 0.3) is 0 Å². The molecule has 84 valence electrons. The highest BCUT2D eigenvalue weighted by Gasteiger charge is 2.34. The highest BCUT2D eigenvalue weighted by Crippen LogP contribution is 2.29. The summed E-state index contributed by atoms with van der Waals surface area (Å²) in [5.41, 5.74) is 0.0253. The standard InChI is InChI=1S/C12H25NO/c1-9(11(3,4)5)13(10(2)14)12(6,7)8/h9H,1-8H3. The summed E-state index contributed by atoms with van der Waals surface area (Å²) in [5.74, 6) is 0.153. The van der Waals surface area contributed by atoms with Gasteiger partial charge in [0.05, 0.1) is 0 Å². The first kappa shape index (κ1) is 13.5. The average Bonchev–Trinajstić information content (AvgIpc) is 1.79. The van der Waals surface area contributed by atoms with Crippen LogP contribution in [0, 0.1) is 5.41 Å². The predicted octanol–water partition coefficient (Wildman–Crippen LogP) is 3.07. The first-order valence-electron chi connectivity index (χ1n) is 5.28. The van der Waals surface area contributed by atoms with E-state index >= 15 is 0 Å². The lowest BCUT2D eigenvalue weighted by Crippen LogP contribution is -2.54. The molecule has 0 aromatic heterocycles. The molecule has 0 radical (unpaired) electrons. The summed E-state index contributed by atoms with van der Waals surface area (Å²) < 4.78 is 0. The van der Waals surface area contributed by atoms with E-state index in [0.717, 1.165) is 0 Å². The lowest BCUT2D eigenvalue weighted by atomic mass is 9.84. The molecule has 0 heterocycles. The van der Waals surface area contributed by atoms with Crippen LogP contribution in [0.2, 0.25) is 0 Å². The van der Waals surface area contributed by atoms with Crippen molar-refractivity contribution in [3.05, 3.63) is 0 Å². The van der Waals surface area contributed by atoms with Gasteiger partial charge in [0.25, 0.3) is 0 Å². The molecule has 14 heavy (non-hydrogen) atoms. The summed E-state index contributed by atoms with van der Waals surface area (Å²) in [4.78, 5) is 13.6. The molecule has 0 N–H and O–H groups in total. The van der Waals surface area contributed by atoms with Gasteiger partial charge in [-0.1, -0.05) is 20.8 Å². The Labute approximate surface area is 88.7 Å². The first-order chi connectivity index (χ1) is 5.98. The quantitative estimate of drug-likeness (QED) is 0.635. The Morgan fingerprint density at radius 2 is 1.43 bits per heavy atom. The van der Waals surface area contributed by atoms with Crippen molar-refractivity contribution in [2.24, 2.45) is 5.41 Å². The molecule has 0 bridgehead atoms. The van der Waals surface area contributed by atoms with Gasteiger partial charge in [0, 0.05) is 18.5 Å². The van der Waals surface area contributed by atoms with E-state index in [9.17, 15) is 4.79 Å². The van der Waals surface area contributed by atoms with E-state index in [1.54, 1.807) is 6.92 Å². The molecular formula is C12H25NO. The fraction of sp³-hybridized carbons (Fsp3) is 0.917. The van der Waals surface area contributed by atoms with E-state index in [0.29, 0.717) is 0 Å². The summed E-state index contributed by atoms with van der Waals surface area (Å²) in [6.07, 6.45) is 0. The Hall–Kier alpha value is -0.530. The molecule has 1 unspecified atom stereocenters. The highest BCUT2D eigenvalue weighted by atomic mass is 16.2. The van der Waals surface area contributed by atoms with Crippen molar-refractivity contribution in [1.82, 2.24) is 4.90 Å². The van der Waals surface area contributed by atoms with Gasteiger partial charge >= 0.3 is 0 Å².